The molecule has 0 unspecified atom stereocenters. The van der Waals surface area contributed by atoms with Gasteiger partial charge in [-0.2, -0.15) is 0 Å². The number of rotatable bonds is 12. The summed E-state index contributed by atoms with van der Waals surface area (Å²) >= 11 is 1.40. The molecule has 2 N–H and O–H groups in total. The van der Waals surface area contributed by atoms with Gasteiger partial charge in [0.05, 0.1) is 18.6 Å². The number of thiophene rings is 1. The third-order valence-corrected chi connectivity index (χ3v) is 5.15. The lowest BCUT2D eigenvalue weighted by Gasteiger charge is -2.13. The lowest BCUT2D eigenvalue weighted by Crippen LogP contribution is -2.26. The molecular formula is C22H30N2O4S. The number of amides is 2. The summed E-state index contributed by atoms with van der Waals surface area (Å²) in [4.78, 5) is 24.5. The molecule has 0 atom stereocenters. The number of carbonyl (C=O) groups is 2. The molecule has 0 bridgehead atoms. The first-order valence-electron chi connectivity index (χ1n) is 9.87. The predicted octanol–water partition coefficient (Wildman–Crippen LogP) is 4.01. The van der Waals surface area contributed by atoms with Crippen molar-refractivity contribution in [3.05, 3.63) is 46.2 Å². The van der Waals surface area contributed by atoms with Crippen LogP contribution in [0.1, 0.15) is 48.3 Å². The average molecular weight is 419 g/mol. The van der Waals surface area contributed by atoms with Crippen LogP contribution in [0.4, 0.5) is 0 Å². The molecule has 0 saturated carbocycles. The van der Waals surface area contributed by atoms with Gasteiger partial charge < -0.3 is 20.1 Å². The van der Waals surface area contributed by atoms with E-state index in [1.165, 1.54) is 11.3 Å². The zero-order chi connectivity index (χ0) is 21.1. The van der Waals surface area contributed by atoms with Crippen LogP contribution in [-0.4, -0.2) is 32.1 Å². The van der Waals surface area contributed by atoms with Crippen molar-refractivity contribution in [2.45, 2.75) is 39.7 Å². The molecule has 0 aliphatic heterocycles. The van der Waals surface area contributed by atoms with Gasteiger partial charge in [-0.25, -0.2) is 0 Å². The van der Waals surface area contributed by atoms with Crippen LogP contribution < -0.4 is 20.1 Å². The van der Waals surface area contributed by atoms with Crippen molar-refractivity contribution in [3.8, 4) is 11.5 Å². The van der Waals surface area contributed by atoms with Gasteiger partial charge >= 0.3 is 0 Å². The first kappa shape index (κ1) is 22.7. The first-order chi connectivity index (χ1) is 14.0. The van der Waals surface area contributed by atoms with Crippen molar-refractivity contribution in [2.24, 2.45) is 5.92 Å². The number of hydrogen-bond acceptors (Lipinski definition) is 5. The Morgan fingerprint density at radius 2 is 1.97 bits per heavy atom. The molecule has 0 aliphatic carbocycles. The van der Waals surface area contributed by atoms with Gasteiger partial charge in [-0.3, -0.25) is 9.59 Å². The second kappa shape index (κ2) is 12.1. The van der Waals surface area contributed by atoms with Crippen molar-refractivity contribution >= 4 is 23.2 Å². The average Bonchev–Trinajstić information content (AvgIpc) is 3.24. The van der Waals surface area contributed by atoms with E-state index in [9.17, 15) is 9.59 Å². The van der Waals surface area contributed by atoms with E-state index in [0.29, 0.717) is 54.8 Å². The highest BCUT2D eigenvalue weighted by molar-refractivity contribution is 7.12. The van der Waals surface area contributed by atoms with Crippen molar-refractivity contribution in [1.29, 1.82) is 0 Å². The lowest BCUT2D eigenvalue weighted by molar-refractivity contribution is -0.121. The molecule has 1 heterocycles. The molecule has 29 heavy (non-hydrogen) atoms. The smallest absolute Gasteiger partial charge is 0.261 e. The van der Waals surface area contributed by atoms with Crippen LogP contribution in [0, 0.1) is 5.92 Å². The summed E-state index contributed by atoms with van der Waals surface area (Å²) < 4.78 is 11.2. The van der Waals surface area contributed by atoms with Crippen molar-refractivity contribution in [1.82, 2.24) is 10.6 Å². The van der Waals surface area contributed by atoms with Gasteiger partial charge in [-0.15, -0.1) is 11.3 Å². The minimum atomic E-state index is -0.0943. The van der Waals surface area contributed by atoms with E-state index in [1.54, 1.807) is 13.2 Å². The normalized spacial score (nSPS) is 10.6. The standard InChI is InChI=1S/C22H30N2O4S/c1-16(2)10-12-28-18-9-8-17(14-19(18)27-3)15-24-21(25)7-4-11-23-22(26)20-6-5-13-29-20/h5-6,8-9,13-14,16H,4,7,10-12,15H2,1-3H3,(H,23,26)(H,24,25). The maximum atomic E-state index is 12.0. The molecule has 1 aromatic heterocycles. The second-order valence-electron chi connectivity index (χ2n) is 7.13. The number of carbonyl (C=O) groups excluding carboxylic acids is 2. The van der Waals surface area contributed by atoms with E-state index in [2.05, 4.69) is 24.5 Å². The van der Waals surface area contributed by atoms with Gasteiger partial charge in [0.1, 0.15) is 0 Å². The Bertz CT molecular complexity index is 775. The van der Waals surface area contributed by atoms with Gasteiger partial charge in [0.2, 0.25) is 5.91 Å². The molecule has 7 heteroatoms. The molecule has 0 saturated heterocycles. The minimum Gasteiger partial charge on any atom is -0.493 e. The van der Waals surface area contributed by atoms with E-state index in [0.717, 1.165) is 12.0 Å². The van der Waals surface area contributed by atoms with E-state index in [-0.39, 0.29) is 11.8 Å². The molecule has 0 fully saturated rings. The molecule has 6 nitrogen and oxygen atoms in total. The van der Waals surface area contributed by atoms with Crippen LogP contribution in [0.2, 0.25) is 0 Å². The third kappa shape index (κ3) is 8.15. The molecule has 0 spiro atoms. The largest absolute Gasteiger partial charge is 0.493 e. The highest BCUT2D eigenvalue weighted by Gasteiger charge is 2.09. The van der Waals surface area contributed by atoms with Gasteiger partial charge in [0.15, 0.2) is 11.5 Å². The fraction of sp³-hybridized carbons (Fsp3) is 0.455. The zero-order valence-electron chi connectivity index (χ0n) is 17.3. The van der Waals surface area contributed by atoms with Gasteiger partial charge in [0.25, 0.3) is 5.91 Å². The summed E-state index contributed by atoms with van der Waals surface area (Å²) in [5, 5.41) is 7.58. The maximum Gasteiger partial charge on any atom is 0.261 e. The molecule has 0 aliphatic rings. The van der Waals surface area contributed by atoms with Crippen molar-refractivity contribution < 1.29 is 19.1 Å². The summed E-state index contributed by atoms with van der Waals surface area (Å²) in [6, 6.07) is 9.30. The monoisotopic (exact) mass is 418 g/mol. The fourth-order valence-corrected chi connectivity index (χ4v) is 3.22. The van der Waals surface area contributed by atoms with Gasteiger partial charge in [-0.05, 0) is 47.9 Å². The highest BCUT2D eigenvalue weighted by atomic mass is 32.1. The van der Waals surface area contributed by atoms with E-state index in [4.69, 9.17) is 9.47 Å². The number of nitrogens with one attached hydrogen (secondary N) is 2. The zero-order valence-corrected chi connectivity index (χ0v) is 18.1. The molecule has 2 rings (SSSR count). The number of methoxy groups -OCH3 is 1. The van der Waals surface area contributed by atoms with Crippen molar-refractivity contribution in [2.75, 3.05) is 20.3 Å². The van der Waals surface area contributed by atoms with E-state index >= 15 is 0 Å². The van der Waals surface area contributed by atoms with Crippen LogP contribution in [0.25, 0.3) is 0 Å². The number of hydrogen-bond donors (Lipinski definition) is 2. The minimum absolute atomic E-state index is 0.0494. The van der Waals surface area contributed by atoms with E-state index in [1.807, 2.05) is 29.6 Å². The Hall–Kier alpha value is -2.54. The molecular weight excluding hydrogens is 388 g/mol. The van der Waals surface area contributed by atoms with Gasteiger partial charge in [-0.1, -0.05) is 26.0 Å². The SMILES string of the molecule is COc1cc(CNC(=O)CCCNC(=O)c2cccs2)ccc1OCCC(C)C. The predicted molar refractivity (Wildman–Crippen MR) is 116 cm³/mol. The second-order valence-corrected chi connectivity index (χ2v) is 8.08. The van der Waals surface area contributed by atoms with Crippen LogP contribution in [0.15, 0.2) is 35.7 Å². The number of benzene rings is 1. The first-order valence-corrected chi connectivity index (χ1v) is 10.8. The Morgan fingerprint density at radius 1 is 1.14 bits per heavy atom. The van der Waals surface area contributed by atoms with Crippen LogP contribution >= 0.6 is 11.3 Å². The van der Waals surface area contributed by atoms with Gasteiger partial charge in [0, 0.05) is 19.5 Å². The lowest BCUT2D eigenvalue weighted by atomic mass is 10.1. The van der Waals surface area contributed by atoms with Crippen LogP contribution in [-0.2, 0) is 11.3 Å². The third-order valence-electron chi connectivity index (χ3n) is 4.28. The topological polar surface area (TPSA) is 76.7 Å². The Kier molecular flexibility index (Phi) is 9.50. The molecule has 0 radical (unpaired) electrons. The number of ether oxygens (including phenoxy) is 2. The maximum absolute atomic E-state index is 12.0. The Balaban J connectivity index is 1.70. The van der Waals surface area contributed by atoms with Crippen LogP contribution in [0.3, 0.4) is 0 Å². The summed E-state index contributed by atoms with van der Waals surface area (Å²) in [6.45, 7) is 5.85. The summed E-state index contributed by atoms with van der Waals surface area (Å²) in [5.41, 5.74) is 0.942. The fourth-order valence-electron chi connectivity index (χ4n) is 2.58. The molecule has 2 amide bonds. The molecule has 158 valence electrons. The quantitative estimate of drug-likeness (QED) is 0.511. The Morgan fingerprint density at radius 3 is 2.66 bits per heavy atom. The van der Waals surface area contributed by atoms with Crippen molar-refractivity contribution in [3.63, 3.8) is 0 Å². The summed E-state index contributed by atoms with van der Waals surface area (Å²) in [5.74, 6) is 1.82. The molecule has 2 aromatic rings. The summed E-state index contributed by atoms with van der Waals surface area (Å²) in [6.07, 6.45) is 1.93. The summed E-state index contributed by atoms with van der Waals surface area (Å²) in [7, 11) is 1.61. The Labute approximate surface area is 176 Å². The molecule has 1 aromatic carbocycles. The van der Waals surface area contributed by atoms with E-state index < -0.39 is 0 Å². The highest BCUT2D eigenvalue weighted by Crippen LogP contribution is 2.28. The van der Waals surface area contributed by atoms with Crippen LogP contribution in [0.5, 0.6) is 11.5 Å².